The fraction of sp³-hybridized carbons (Fsp3) is 0.333. The molecule has 2 N–H and O–H groups in total. The topological polar surface area (TPSA) is 54.0 Å². The van der Waals surface area contributed by atoms with Crippen molar-refractivity contribution in [1.29, 1.82) is 0 Å². The molecule has 2 aliphatic rings. The van der Waals surface area contributed by atoms with Crippen LogP contribution >= 0.6 is 0 Å². The first-order valence-corrected chi connectivity index (χ1v) is 5.39. The van der Waals surface area contributed by atoms with Crippen LogP contribution in [0.25, 0.3) is 0 Å². The molecular weight excluding hydrogens is 202 g/mol. The number of hydrogen-bond acceptors (Lipinski definition) is 3. The second-order valence-electron chi connectivity index (χ2n) is 4.37. The fourth-order valence-electron chi connectivity index (χ4n) is 2.36. The SMILES string of the molecule is Cc1cnc2c(c1)C1(C=CCNC1)C(=O)N2. The standard InChI is InChI=1S/C12H13N3O/c1-8-5-9-10(14-6-8)15-11(16)12(9)3-2-4-13-7-12/h2-3,5-6,13H,4,7H2,1H3,(H,14,15,16). The van der Waals surface area contributed by atoms with Crippen molar-refractivity contribution in [3.05, 3.63) is 35.5 Å². The first-order valence-electron chi connectivity index (χ1n) is 5.39. The summed E-state index contributed by atoms with van der Waals surface area (Å²) in [6, 6.07) is 2.04. The lowest BCUT2D eigenvalue weighted by Gasteiger charge is -2.27. The second-order valence-corrected chi connectivity index (χ2v) is 4.37. The lowest BCUT2D eigenvalue weighted by atomic mass is 9.80. The van der Waals surface area contributed by atoms with E-state index in [1.807, 2.05) is 25.1 Å². The van der Waals surface area contributed by atoms with Gasteiger partial charge in [0, 0.05) is 24.8 Å². The summed E-state index contributed by atoms with van der Waals surface area (Å²) >= 11 is 0. The number of aryl methyl sites for hydroxylation is 1. The summed E-state index contributed by atoms with van der Waals surface area (Å²) in [6.45, 7) is 3.46. The van der Waals surface area contributed by atoms with Crippen LogP contribution in [0.15, 0.2) is 24.4 Å². The van der Waals surface area contributed by atoms with Crippen LogP contribution in [-0.4, -0.2) is 24.0 Å². The van der Waals surface area contributed by atoms with Crippen molar-refractivity contribution in [3.63, 3.8) is 0 Å². The molecule has 0 bridgehead atoms. The molecule has 4 nitrogen and oxygen atoms in total. The summed E-state index contributed by atoms with van der Waals surface area (Å²) in [6.07, 6.45) is 5.77. The molecule has 3 heterocycles. The summed E-state index contributed by atoms with van der Waals surface area (Å²) in [5.41, 5.74) is 1.52. The van der Waals surface area contributed by atoms with Gasteiger partial charge in [0.05, 0.1) is 0 Å². The van der Waals surface area contributed by atoms with Crippen molar-refractivity contribution in [2.24, 2.45) is 0 Å². The maximum Gasteiger partial charge on any atom is 0.241 e. The predicted octanol–water partition coefficient (Wildman–Crippen LogP) is 0.739. The van der Waals surface area contributed by atoms with Crippen LogP contribution in [0.4, 0.5) is 5.82 Å². The Morgan fingerprint density at radius 1 is 1.50 bits per heavy atom. The molecule has 0 saturated heterocycles. The van der Waals surface area contributed by atoms with E-state index in [0.717, 1.165) is 17.7 Å². The first-order chi connectivity index (χ1) is 7.72. The highest BCUT2D eigenvalue weighted by Gasteiger charge is 2.46. The number of aromatic nitrogens is 1. The molecule has 1 amide bonds. The Balaban J connectivity index is 2.21. The Morgan fingerprint density at radius 2 is 2.38 bits per heavy atom. The van der Waals surface area contributed by atoms with E-state index in [9.17, 15) is 4.79 Å². The molecule has 0 saturated carbocycles. The lowest BCUT2D eigenvalue weighted by Crippen LogP contribution is -2.45. The van der Waals surface area contributed by atoms with E-state index in [-0.39, 0.29) is 5.91 Å². The minimum Gasteiger partial charge on any atom is -0.312 e. The molecule has 3 rings (SSSR count). The second kappa shape index (κ2) is 3.15. The van der Waals surface area contributed by atoms with Crippen LogP contribution in [-0.2, 0) is 10.2 Å². The third-order valence-electron chi connectivity index (χ3n) is 3.21. The van der Waals surface area contributed by atoms with Gasteiger partial charge in [-0.1, -0.05) is 12.2 Å². The molecule has 1 unspecified atom stereocenters. The number of nitrogens with one attached hydrogen (secondary N) is 2. The number of anilines is 1. The van der Waals surface area contributed by atoms with E-state index >= 15 is 0 Å². The maximum absolute atomic E-state index is 12.1. The zero-order valence-corrected chi connectivity index (χ0v) is 9.08. The monoisotopic (exact) mass is 215 g/mol. The van der Waals surface area contributed by atoms with Crippen molar-refractivity contribution < 1.29 is 4.79 Å². The molecule has 0 aliphatic carbocycles. The molecule has 1 aromatic rings. The maximum atomic E-state index is 12.1. The first kappa shape index (κ1) is 9.54. The highest BCUT2D eigenvalue weighted by atomic mass is 16.2. The van der Waals surface area contributed by atoms with E-state index in [4.69, 9.17) is 0 Å². The number of amides is 1. The number of fused-ring (bicyclic) bond motifs is 2. The summed E-state index contributed by atoms with van der Waals surface area (Å²) < 4.78 is 0. The molecule has 0 fully saturated rings. The minimum atomic E-state index is -0.549. The number of carbonyl (C=O) groups is 1. The average molecular weight is 215 g/mol. The van der Waals surface area contributed by atoms with Gasteiger partial charge in [-0.05, 0) is 18.6 Å². The van der Waals surface area contributed by atoms with Gasteiger partial charge in [0.2, 0.25) is 5.91 Å². The number of hydrogen-bond donors (Lipinski definition) is 2. The lowest BCUT2D eigenvalue weighted by molar-refractivity contribution is -0.119. The van der Waals surface area contributed by atoms with Crippen molar-refractivity contribution >= 4 is 11.7 Å². The summed E-state index contributed by atoms with van der Waals surface area (Å²) in [5.74, 6) is 0.716. The van der Waals surface area contributed by atoms with Gasteiger partial charge in [0.15, 0.2) is 0 Å². The number of rotatable bonds is 0. The third kappa shape index (κ3) is 1.13. The zero-order chi connectivity index (χ0) is 11.2. The highest BCUT2D eigenvalue weighted by molar-refractivity contribution is 6.07. The average Bonchev–Trinajstić information content (AvgIpc) is 2.55. The van der Waals surface area contributed by atoms with Crippen LogP contribution < -0.4 is 10.6 Å². The Hall–Kier alpha value is -1.68. The predicted molar refractivity (Wildman–Crippen MR) is 61.3 cm³/mol. The van der Waals surface area contributed by atoms with E-state index in [1.165, 1.54) is 0 Å². The number of pyridine rings is 1. The quantitative estimate of drug-likeness (QED) is 0.628. The van der Waals surface area contributed by atoms with Crippen molar-refractivity contribution in [2.45, 2.75) is 12.3 Å². The molecule has 0 aromatic carbocycles. The van der Waals surface area contributed by atoms with Crippen molar-refractivity contribution in [2.75, 3.05) is 18.4 Å². The van der Waals surface area contributed by atoms with E-state index in [2.05, 4.69) is 15.6 Å². The summed E-state index contributed by atoms with van der Waals surface area (Å²) in [5, 5.41) is 6.08. The highest BCUT2D eigenvalue weighted by Crippen LogP contribution is 2.38. The molecule has 16 heavy (non-hydrogen) atoms. The molecule has 2 aliphatic heterocycles. The normalized spacial score (nSPS) is 26.9. The number of carbonyl (C=O) groups excluding carboxylic acids is 1. The van der Waals surface area contributed by atoms with Gasteiger partial charge in [-0.3, -0.25) is 4.79 Å². The van der Waals surface area contributed by atoms with E-state index in [0.29, 0.717) is 12.4 Å². The van der Waals surface area contributed by atoms with Crippen LogP contribution in [0, 0.1) is 6.92 Å². The fourth-order valence-corrected chi connectivity index (χ4v) is 2.36. The minimum absolute atomic E-state index is 0.0176. The van der Waals surface area contributed by atoms with Gasteiger partial charge in [0.25, 0.3) is 0 Å². The molecule has 1 atom stereocenters. The molecule has 1 aromatic heterocycles. The molecule has 0 radical (unpaired) electrons. The van der Waals surface area contributed by atoms with Gasteiger partial charge in [0.1, 0.15) is 11.2 Å². The van der Waals surface area contributed by atoms with E-state index in [1.54, 1.807) is 6.20 Å². The smallest absolute Gasteiger partial charge is 0.241 e. The Kier molecular flexibility index (Phi) is 1.88. The van der Waals surface area contributed by atoms with Gasteiger partial charge < -0.3 is 10.6 Å². The Labute approximate surface area is 93.8 Å². The van der Waals surface area contributed by atoms with Crippen LogP contribution in [0.5, 0.6) is 0 Å². The molecule has 4 heteroatoms. The van der Waals surface area contributed by atoms with Crippen LogP contribution in [0.1, 0.15) is 11.1 Å². The van der Waals surface area contributed by atoms with Crippen LogP contribution in [0.2, 0.25) is 0 Å². The summed E-state index contributed by atoms with van der Waals surface area (Å²) in [4.78, 5) is 16.3. The van der Waals surface area contributed by atoms with Gasteiger partial charge in [-0.25, -0.2) is 4.98 Å². The van der Waals surface area contributed by atoms with Gasteiger partial charge >= 0.3 is 0 Å². The largest absolute Gasteiger partial charge is 0.312 e. The number of nitrogens with zero attached hydrogens (tertiary/aromatic N) is 1. The summed E-state index contributed by atoms with van der Waals surface area (Å²) in [7, 11) is 0. The Bertz CT molecular complexity index is 495. The van der Waals surface area contributed by atoms with Crippen molar-refractivity contribution in [3.8, 4) is 0 Å². The van der Waals surface area contributed by atoms with E-state index < -0.39 is 5.41 Å². The van der Waals surface area contributed by atoms with Crippen LogP contribution in [0.3, 0.4) is 0 Å². The molecular formula is C12H13N3O. The Morgan fingerprint density at radius 3 is 3.12 bits per heavy atom. The van der Waals surface area contributed by atoms with Crippen molar-refractivity contribution in [1.82, 2.24) is 10.3 Å². The molecule has 1 spiro atoms. The van der Waals surface area contributed by atoms with Gasteiger partial charge in [-0.2, -0.15) is 0 Å². The third-order valence-corrected chi connectivity index (χ3v) is 3.21. The zero-order valence-electron chi connectivity index (χ0n) is 9.08. The van der Waals surface area contributed by atoms with Gasteiger partial charge in [-0.15, -0.1) is 0 Å². The molecule has 82 valence electrons.